The summed E-state index contributed by atoms with van der Waals surface area (Å²) in [6, 6.07) is 5.11. The molecule has 0 saturated carbocycles. The van der Waals surface area contributed by atoms with Crippen molar-refractivity contribution in [2.75, 3.05) is 11.9 Å². The van der Waals surface area contributed by atoms with Crippen molar-refractivity contribution in [1.29, 1.82) is 0 Å². The summed E-state index contributed by atoms with van der Waals surface area (Å²) >= 11 is 0. The molecule has 1 aromatic carbocycles. The molecule has 0 amide bonds. The maximum atomic E-state index is 12.2. The lowest BCUT2D eigenvalue weighted by Crippen LogP contribution is -2.27. The van der Waals surface area contributed by atoms with Crippen molar-refractivity contribution in [2.45, 2.75) is 45.7 Å². The van der Waals surface area contributed by atoms with Crippen LogP contribution in [0.1, 0.15) is 30.7 Å². The summed E-state index contributed by atoms with van der Waals surface area (Å²) in [4.78, 5) is 22.9. The number of aryl methyl sites for hydroxylation is 3. The largest absolute Gasteiger partial charge is 0.379 e. The standard InChI is InChI=1S/C16H21N5O3/c1-12-6-7-13(14(11-12)21(23)24)17-8-4-10-20-16(22)19-9-3-2-5-15(19)18-20/h6-7,11,17H,2-5,8-10H2,1H3. The molecule has 1 N–H and O–H groups in total. The minimum atomic E-state index is -0.386. The van der Waals surface area contributed by atoms with Crippen molar-refractivity contribution in [3.63, 3.8) is 0 Å². The number of rotatable bonds is 6. The number of nitro groups is 1. The number of nitrogens with one attached hydrogen (secondary N) is 1. The monoisotopic (exact) mass is 331 g/mol. The maximum Gasteiger partial charge on any atom is 0.345 e. The lowest BCUT2D eigenvalue weighted by molar-refractivity contribution is -0.384. The molecular formula is C16H21N5O3. The zero-order chi connectivity index (χ0) is 17.1. The van der Waals surface area contributed by atoms with Crippen molar-refractivity contribution in [2.24, 2.45) is 0 Å². The van der Waals surface area contributed by atoms with Crippen LogP contribution in [0.25, 0.3) is 0 Å². The third-order valence-electron chi connectivity index (χ3n) is 4.24. The Bertz CT molecular complexity index is 809. The Morgan fingerprint density at radius 2 is 2.21 bits per heavy atom. The van der Waals surface area contributed by atoms with Crippen molar-refractivity contribution in [3.05, 3.63) is 50.2 Å². The second-order valence-electron chi connectivity index (χ2n) is 6.09. The molecule has 0 unspecified atom stereocenters. The van der Waals surface area contributed by atoms with Gasteiger partial charge in [0, 0.05) is 32.1 Å². The number of aromatic nitrogens is 3. The molecule has 0 saturated heterocycles. The van der Waals surface area contributed by atoms with Crippen LogP contribution in [0.4, 0.5) is 11.4 Å². The van der Waals surface area contributed by atoms with Crippen LogP contribution in [-0.2, 0) is 19.5 Å². The first-order chi connectivity index (χ1) is 11.6. The van der Waals surface area contributed by atoms with E-state index in [1.807, 2.05) is 13.0 Å². The Morgan fingerprint density at radius 3 is 2.96 bits per heavy atom. The lowest BCUT2D eigenvalue weighted by atomic mass is 10.2. The van der Waals surface area contributed by atoms with E-state index < -0.39 is 0 Å². The fourth-order valence-electron chi connectivity index (χ4n) is 2.99. The number of anilines is 1. The highest BCUT2D eigenvalue weighted by atomic mass is 16.6. The Morgan fingerprint density at radius 1 is 1.38 bits per heavy atom. The fraction of sp³-hybridized carbons (Fsp3) is 0.500. The Kier molecular flexibility index (Phi) is 4.64. The van der Waals surface area contributed by atoms with E-state index in [9.17, 15) is 14.9 Å². The van der Waals surface area contributed by atoms with Gasteiger partial charge in [0.1, 0.15) is 11.5 Å². The summed E-state index contributed by atoms with van der Waals surface area (Å²) in [5.41, 5.74) is 1.38. The molecule has 0 atom stereocenters. The molecule has 2 heterocycles. The van der Waals surface area contributed by atoms with Gasteiger partial charge in [-0.1, -0.05) is 6.07 Å². The molecule has 128 valence electrons. The van der Waals surface area contributed by atoms with Gasteiger partial charge in [-0.15, -0.1) is 0 Å². The van der Waals surface area contributed by atoms with Crippen LogP contribution >= 0.6 is 0 Å². The van der Waals surface area contributed by atoms with Crippen LogP contribution in [0.5, 0.6) is 0 Å². The second-order valence-corrected chi connectivity index (χ2v) is 6.09. The van der Waals surface area contributed by atoms with Gasteiger partial charge in [-0.05, 0) is 37.8 Å². The number of hydrogen-bond donors (Lipinski definition) is 1. The average molecular weight is 331 g/mol. The molecule has 1 aliphatic heterocycles. The van der Waals surface area contributed by atoms with E-state index in [4.69, 9.17) is 0 Å². The van der Waals surface area contributed by atoms with Crippen LogP contribution in [0.15, 0.2) is 23.0 Å². The van der Waals surface area contributed by atoms with E-state index in [0.29, 0.717) is 25.2 Å². The fourth-order valence-corrected chi connectivity index (χ4v) is 2.99. The van der Waals surface area contributed by atoms with Crippen LogP contribution in [0, 0.1) is 17.0 Å². The van der Waals surface area contributed by atoms with Crippen molar-refractivity contribution in [1.82, 2.24) is 14.3 Å². The summed E-state index contributed by atoms with van der Waals surface area (Å²) in [5, 5.41) is 18.6. The molecule has 8 nitrogen and oxygen atoms in total. The molecule has 3 rings (SSSR count). The SMILES string of the molecule is Cc1ccc(NCCCn2nc3n(c2=O)CCCC3)c([N+](=O)[O-])c1. The Balaban J connectivity index is 1.59. The van der Waals surface area contributed by atoms with E-state index in [1.54, 1.807) is 16.7 Å². The average Bonchev–Trinajstić information content (AvgIpc) is 2.89. The first kappa shape index (κ1) is 16.2. The Labute approximate surface area is 139 Å². The zero-order valence-electron chi connectivity index (χ0n) is 13.7. The maximum absolute atomic E-state index is 12.2. The molecule has 2 aromatic rings. The normalized spacial score (nSPS) is 13.5. The van der Waals surface area contributed by atoms with Gasteiger partial charge < -0.3 is 5.32 Å². The van der Waals surface area contributed by atoms with E-state index in [-0.39, 0.29) is 16.3 Å². The van der Waals surface area contributed by atoms with Crippen molar-refractivity contribution >= 4 is 11.4 Å². The molecule has 0 aliphatic carbocycles. The summed E-state index contributed by atoms with van der Waals surface area (Å²) in [5.74, 6) is 0.869. The second kappa shape index (κ2) is 6.86. The molecule has 0 fully saturated rings. The summed E-state index contributed by atoms with van der Waals surface area (Å²) in [7, 11) is 0. The predicted octanol–water partition coefficient (Wildman–Crippen LogP) is 2.10. The van der Waals surface area contributed by atoms with Gasteiger partial charge in [0.2, 0.25) is 0 Å². The van der Waals surface area contributed by atoms with Crippen molar-refractivity contribution in [3.8, 4) is 0 Å². The molecular weight excluding hydrogens is 310 g/mol. The molecule has 24 heavy (non-hydrogen) atoms. The van der Waals surface area contributed by atoms with Crippen LogP contribution in [-0.4, -0.2) is 25.8 Å². The summed E-state index contributed by atoms with van der Waals surface area (Å²) in [6.07, 6.45) is 3.63. The molecule has 0 spiro atoms. The van der Waals surface area contributed by atoms with E-state index in [2.05, 4.69) is 10.4 Å². The molecule has 1 aromatic heterocycles. The molecule has 1 aliphatic rings. The number of benzene rings is 1. The van der Waals surface area contributed by atoms with Gasteiger partial charge in [-0.25, -0.2) is 9.48 Å². The van der Waals surface area contributed by atoms with E-state index in [0.717, 1.165) is 37.2 Å². The Hall–Kier alpha value is -2.64. The minimum Gasteiger partial charge on any atom is -0.379 e. The van der Waals surface area contributed by atoms with Gasteiger partial charge in [-0.3, -0.25) is 14.7 Å². The third kappa shape index (κ3) is 3.32. The van der Waals surface area contributed by atoms with Gasteiger partial charge in [-0.2, -0.15) is 5.10 Å². The van der Waals surface area contributed by atoms with Gasteiger partial charge >= 0.3 is 5.69 Å². The van der Waals surface area contributed by atoms with Gasteiger partial charge in [0.05, 0.1) is 4.92 Å². The minimum absolute atomic E-state index is 0.0500. The van der Waals surface area contributed by atoms with Crippen molar-refractivity contribution < 1.29 is 4.92 Å². The third-order valence-corrected chi connectivity index (χ3v) is 4.24. The highest BCUT2D eigenvalue weighted by Gasteiger charge is 2.16. The van der Waals surface area contributed by atoms with E-state index >= 15 is 0 Å². The van der Waals surface area contributed by atoms with Gasteiger partial charge in [0.25, 0.3) is 5.69 Å². The quantitative estimate of drug-likeness (QED) is 0.497. The lowest BCUT2D eigenvalue weighted by Gasteiger charge is -2.09. The zero-order valence-corrected chi connectivity index (χ0v) is 13.7. The highest BCUT2D eigenvalue weighted by molar-refractivity contribution is 5.62. The molecule has 0 radical (unpaired) electrons. The molecule has 8 heteroatoms. The molecule has 0 bridgehead atoms. The smallest absolute Gasteiger partial charge is 0.345 e. The number of fused-ring (bicyclic) bond motifs is 1. The number of hydrogen-bond acceptors (Lipinski definition) is 5. The summed E-state index contributed by atoms with van der Waals surface area (Å²) in [6.45, 7) is 3.62. The van der Waals surface area contributed by atoms with Gasteiger partial charge in [0.15, 0.2) is 0 Å². The number of nitro benzene ring substituents is 1. The highest BCUT2D eigenvalue weighted by Crippen LogP contribution is 2.25. The van der Waals surface area contributed by atoms with Crippen LogP contribution in [0.2, 0.25) is 0 Å². The first-order valence-electron chi connectivity index (χ1n) is 8.21. The van der Waals surface area contributed by atoms with Crippen LogP contribution < -0.4 is 11.0 Å². The topological polar surface area (TPSA) is 95.0 Å². The summed E-state index contributed by atoms with van der Waals surface area (Å²) < 4.78 is 3.26. The first-order valence-corrected chi connectivity index (χ1v) is 8.21. The number of nitrogens with zero attached hydrogens (tertiary/aromatic N) is 4. The van der Waals surface area contributed by atoms with E-state index in [1.165, 1.54) is 4.68 Å². The van der Waals surface area contributed by atoms with Crippen LogP contribution in [0.3, 0.4) is 0 Å². The predicted molar refractivity (Wildman–Crippen MR) is 90.4 cm³/mol.